The molecule has 3 amide bonds. The van der Waals surface area contributed by atoms with Crippen LogP contribution in [0.25, 0.3) is 0 Å². The number of hydrogen-bond acceptors (Lipinski definition) is 4. The van der Waals surface area contributed by atoms with Gasteiger partial charge in [-0.25, -0.2) is 0 Å². The number of hydrogen-bond donors (Lipinski definition) is 4. The number of carbonyl (C=O) groups is 3. The Balaban J connectivity index is 4.33. The van der Waals surface area contributed by atoms with Crippen molar-refractivity contribution in [3.05, 3.63) is 0 Å². The molecular formula is C16H32N4O3. The second-order valence-corrected chi connectivity index (χ2v) is 6.64. The monoisotopic (exact) mass is 328 g/mol. The molecule has 7 heteroatoms. The molecule has 0 aliphatic rings. The Morgan fingerprint density at radius 2 is 1.13 bits per heavy atom. The molecule has 0 bridgehead atoms. The van der Waals surface area contributed by atoms with Crippen molar-refractivity contribution in [3.8, 4) is 0 Å². The molecule has 0 spiro atoms. The van der Waals surface area contributed by atoms with Crippen molar-refractivity contribution in [2.45, 2.75) is 72.6 Å². The maximum absolute atomic E-state index is 12.1. The normalized spacial score (nSPS) is 15.0. The van der Waals surface area contributed by atoms with Crippen LogP contribution in [0.5, 0.6) is 0 Å². The van der Waals surface area contributed by atoms with Crippen LogP contribution in [0.3, 0.4) is 0 Å². The minimum absolute atomic E-state index is 0.171. The molecule has 0 saturated carbocycles. The highest BCUT2D eigenvalue weighted by Crippen LogP contribution is 1.93. The van der Waals surface area contributed by atoms with Gasteiger partial charge in [0.05, 0.1) is 6.04 Å². The summed E-state index contributed by atoms with van der Waals surface area (Å²) in [7, 11) is 0. The Morgan fingerprint density at radius 3 is 1.57 bits per heavy atom. The van der Waals surface area contributed by atoms with Gasteiger partial charge in [0.1, 0.15) is 12.1 Å². The molecule has 0 radical (unpaired) electrons. The van der Waals surface area contributed by atoms with Crippen molar-refractivity contribution < 1.29 is 14.4 Å². The van der Waals surface area contributed by atoms with E-state index in [1.807, 2.05) is 27.7 Å². The first-order valence-corrected chi connectivity index (χ1v) is 8.19. The summed E-state index contributed by atoms with van der Waals surface area (Å²) in [6.45, 7) is 13.4. The van der Waals surface area contributed by atoms with Gasteiger partial charge in [-0.05, 0) is 26.7 Å². The van der Waals surface area contributed by atoms with E-state index in [0.29, 0.717) is 12.5 Å². The van der Waals surface area contributed by atoms with Crippen LogP contribution in [0.15, 0.2) is 0 Å². The molecular weight excluding hydrogens is 296 g/mol. The number of carbonyl (C=O) groups excluding carboxylic acids is 3. The maximum Gasteiger partial charge on any atom is 0.242 e. The van der Waals surface area contributed by atoms with E-state index in [9.17, 15) is 14.4 Å². The second kappa shape index (κ2) is 10.2. The van der Waals surface area contributed by atoms with Crippen LogP contribution in [0.1, 0.15) is 48.5 Å². The molecule has 3 atom stereocenters. The lowest BCUT2D eigenvalue weighted by Crippen LogP contribution is -2.54. The molecule has 0 aromatic rings. The summed E-state index contributed by atoms with van der Waals surface area (Å²) in [5.74, 6) is -0.531. The number of amides is 3. The Labute approximate surface area is 139 Å². The van der Waals surface area contributed by atoms with Crippen LogP contribution >= 0.6 is 0 Å². The third-order valence-electron chi connectivity index (χ3n) is 3.17. The summed E-state index contributed by atoms with van der Waals surface area (Å²) >= 11 is 0. The number of rotatable bonds is 9. The van der Waals surface area contributed by atoms with Crippen molar-refractivity contribution in [1.82, 2.24) is 21.3 Å². The molecule has 0 rings (SSSR count). The number of nitrogens with one attached hydrogen (secondary N) is 4. The molecule has 23 heavy (non-hydrogen) atoms. The topological polar surface area (TPSA) is 99.3 Å². The van der Waals surface area contributed by atoms with E-state index in [2.05, 4.69) is 21.3 Å². The Bertz CT molecular complexity index is 410. The quantitative estimate of drug-likeness (QED) is 0.484. The van der Waals surface area contributed by atoms with Crippen molar-refractivity contribution in [2.75, 3.05) is 6.54 Å². The van der Waals surface area contributed by atoms with E-state index in [0.717, 1.165) is 0 Å². The average Bonchev–Trinajstić information content (AvgIpc) is 2.43. The van der Waals surface area contributed by atoms with Crippen LogP contribution in [-0.4, -0.2) is 48.4 Å². The minimum atomic E-state index is -0.709. The van der Waals surface area contributed by atoms with E-state index in [1.54, 1.807) is 20.8 Å². The maximum atomic E-state index is 12.1. The minimum Gasteiger partial charge on any atom is -0.354 e. The van der Waals surface area contributed by atoms with Crippen LogP contribution in [0, 0.1) is 5.92 Å². The third-order valence-corrected chi connectivity index (χ3v) is 3.17. The van der Waals surface area contributed by atoms with Gasteiger partial charge in [-0.2, -0.15) is 0 Å². The summed E-state index contributed by atoms with van der Waals surface area (Å²) in [5.41, 5.74) is 0. The van der Waals surface area contributed by atoms with Crippen molar-refractivity contribution in [3.63, 3.8) is 0 Å². The molecule has 0 aliphatic carbocycles. The van der Waals surface area contributed by atoms with E-state index in [1.165, 1.54) is 0 Å². The largest absolute Gasteiger partial charge is 0.354 e. The molecule has 0 heterocycles. The SMILES string of the molecule is CC(C)CNC(=O)[C@H](C)NC(=O)[C@@H](C)NC(=O)[C@H](C)NC(C)C. The fourth-order valence-electron chi connectivity index (χ4n) is 1.84. The van der Waals surface area contributed by atoms with E-state index < -0.39 is 18.1 Å². The smallest absolute Gasteiger partial charge is 0.242 e. The molecule has 0 fully saturated rings. The molecule has 0 aromatic carbocycles. The standard InChI is InChI=1S/C16H32N4O3/c1-9(2)8-17-14(21)11(5)19-16(23)13(7)20-15(22)12(6)18-10(3)4/h9-13,18H,8H2,1-7H3,(H,17,21)(H,19,23)(H,20,22)/t11-,12-,13+/m0/s1. The summed E-state index contributed by atoms with van der Waals surface area (Å²) in [5, 5.41) is 11.1. The molecule has 4 N–H and O–H groups in total. The average molecular weight is 328 g/mol. The Kier molecular flexibility index (Phi) is 9.48. The van der Waals surface area contributed by atoms with Crippen LogP contribution in [0.4, 0.5) is 0 Å². The highest BCUT2D eigenvalue weighted by atomic mass is 16.2. The van der Waals surface area contributed by atoms with Gasteiger partial charge in [0.2, 0.25) is 17.7 Å². The van der Waals surface area contributed by atoms with Gasteiger partial charge in [0, 0.05) is 12.6 Å². The summed E-state index contributed by atoms with van der Waals surface area (Å²) < 4.78 is 0. The predicted octanol–water partition coefficient (Wildman–Crippen LogP) is 0.155. The fourth-order valence-corrected chi connectivity index (χ4v) is 1.84. The third kappa shape index (κ3) is 9.18. The van der Waals surface area contributed by atoms with Crippen molar-refractivity contribution >= 4 is 17.7 Å². The lowest BCUT2D eigenvalue weighted by Gasteiger charge is -2.21. The Morgan fingerprint density at radius 1 is 0.696 bits per heavy atom. The highest BCUT2D eigenvalue weighted by molar-refractivity contribution is 5.92. The second-order valence-electron chi connectivity index (χ2n) is 6.64. The van der Waals surface area contributed by atoms with Crippen LogP contribution < -0.4 is 21.3 Å². The summed E-state index contributed by atoms with van der Waals surface area (Å²) in [6, 6.07) is -1.58. The zero-order valence-corrected chi connectivity index (χ0v) is 15.3. The van der Waals surface area contributed by atoms with E-state index in [4.69, 9.17) is 0 Å². The lowest BCUT2D eigenvalue weighted by molar-refractivity contribution is -0.132. The van der Waals surface area contributed by atoms with Crippen LogP contribution in [0.2, 0.25) is 0 Å². The van der Waals surface area contributed by atoms with Gasteiger partial charge >= 0.3 is 0 Å². The van der Waals surface area contributed by atoms with Gasteiger partial charge in [-0.1, -0.05) is 27.7 Å². The van der Waals surface area contributed by atoms with Crippen LogP contribution in [-0.2, 0) is 14.4 Å². The van der Waals surface area contributed by atoms with Gasteiger partial charge < -0.3 is 21.3 Å². The van der Waals surface area contributed by atoms with Gasteiger partial charge in [-0.3, -0.25) is 14.4 Å². The fraction of sp³-hybridized carbons (Fsp3) is 0.812. The zero-order valence-electron chi connectivity index (χ0n) is 15.3. The summed E-state index contributed by atoms with van der Waals surface area (Å²) in [4.78, 5) is 35.8. The first-order valence-electron chi connectivity index (χ1n) is 8.19. The highest BCUT2D eigenvalue weighted by Gasteiger charge is 2.23. The van der Waals surface area contributed by atoms with Gasteiger partial charge in [0.25, 0.3) is 0 Å². The van der Waals surface area contributed by atoms with Crippen molar-refractivity contribution in [2.24, 2.45) is 5.92 Å². The van der Waals surface area contributed by atoms with E-state index >= 15 is 0 Å². The lowest BCUT2D eigenvalue weighted by atomic mass is 10.2. The first-order chi connectivity index (χ1) is 10.5. The zero-order chi connectivity index (χ0) is 18.2. The Hall–Kier alpha value is -1.63. The first kappa shape index (κ1) is 21.4. The molecule has 0 unspecified atom stereocenters. The molecule has 0 aromatic heterocycles. The van der Waals surface area contributed by atoms with Gasteiger partial charge in [-0.15, -0.1) is 0 Å². The molecule has 0 aliphatic heterocycles. The molecule has 7 nitrogen and oxygen atoms in total. The predicted molar refractivity (Wildman–Crippen MR) is 90.8 cm³/mol. The molecule has 0 saturated heterocycles. The molecule has 134 valence electrons. The van der Waals surface area contributed by atoms with Crippen molar-refractivity contribution in [1.29, 1.82) is 0 Å². The van der Waals surface area contributed by atoms with Gasteiger partial charge in [0.15, 0.2) is 0 Å². The van der Waals surface area contributed by atoms with E-state index in [-0.39, 0.29) is 23.8 Å². The summed E-state index contributed by atoms with van der Waals surface area (Å²) in [6.07, 6.45) is 0.